The van der Waals surface area contributed by atoms with E-state index in [1.165, 1.54) is 24.4 Å². The van der Waals surface area contributed by atoms with Gasteiger partial charge in [-0.25, -0.2) is 0 Å². The third-order valence-corrected chi connectivity index (χ3v) is 4.94. The van der Waals surface area contributed by atoms with Crippen LogP contribution >= 0.6 is 11.6 Å². The van der Waals surface area contributed by atoms with Crippen LogP contribution in [0, 0.1) is 10.1 Å². The van der Waals surface area contributed by atoms with Gasteiger partial charge in [-0.15, -0.1) is 0 Å². The lowest BCUT2D eigenvalue weighted by molar-refractivity contribution is -0.384. The van der Waals surface area contributed by atoms with Crippen LogP contribution in [-0.2, 0) is 0 Å². The maximum atomic E-state index is 12.7. The van der Waals surface area contributed by atoms with Gasteiger partial charge in [-0.1, -0.05) is 11.6 Å². The van der Waals surface area contributed by atoms with E-state index in [-0.39, 0.29) is 22.2 Å². The molecule has 2 N–H and O–H groups in total. The second-order valence-corrected chi connectivity index (χ2v) is 6.72. The molecule has 2 amide bonds. The number of non-ortho nitro benzene ring substituents is 1. The first-order valence-electron chi connectivity index (χ1n) is 9.01. The lowest BCUT2D eigenvalue weighted by atomic mass is 10.1. The summed E-state index contributed by atoms with van der Waals surface area (Å²) in [6, 6.07) is 8.93. The Morgan fingerprint density at radius 2 is 1.86 bits per heavy atom. The van der Waals surface area contributed by atoms with Gasteiger partial charge in [0, 0.05) is 48.0 Å². The summed E-state index contributed by atoms with van der Waals surface area (Å²) in [5.41, 5.74) is 1.54. The van der Waals surface area contributed by atoms with Crippen molar-refractivity contribution in [3.63, 3.8) is 0 Å². The molecule has 0 aliphatic heterocycles. The van der Waals surface area contributed by atoms with E-state index in [1.54, 1.807) is 23.1 Å². The number of aromatic amines is 1. The van der Waals surface area contributed by atoms with Gasteiger partial charge in [0.25, 0.3) is 17.5 Å². The molecule has 2 aromatic carbocycles. The highest BCUT2D eigenvalue weighted by Gasteiger charge is 2.18. The molecule has 150 valence electrons. The molecule has 0 radical (unpaired) electrons. The van der Waals surface area contributed by atoms with Crippen molar-refractivity contribution in [2.24, 2.45) is 0 Å². The molecule has 1 aromatic heterocycles. The SMILES string of the molecule is CCN(CC)C(=O)c1ccc(NC(=O)c2c[nH]c3ccc([N+](=O)[O-])cc23)cc1Cl. The number of nitro groups is 1. The van der Waals surface area contributed by atoms with Crippen molar-refractivity contribution in [3.05, 3.63) is 68.9 Å². The normalized spacial score (nSPS) is 10.7. The Bertz CT molecular complexity index is 1110. The third-order valence-electron chi connectivity index (χ3n) is 4.63. The number of aromatic nitrogens is 1. The Kier molecular flexibility index (Phi) is 5.84. The summed E-state index contributed by atoms with van der Waals surface area (Å²) in [5, 5.41) is 14.4. The van der Waals surface area contributed by atoms with Crippen molar-refractivity contribution in [2.75, 3.05) is 18.4 Å². The first kappa shape index (κ1) is 20.3. The summed E-state index contributed by atoms with van der Waals surface area (Å²) < 4.78 is 0. The molecule has 0 bridgehead atoms. The second-order valence-electron chi connectivity index (χ2n) is 6.32. The summed E-state index contributed by atoms with van der Waals surface area (Å²) in [6.07, 6.45) is 1.49. The molecule has 0 fully saturated rings. The molecule has 3 rings (SSSR count). The summed E-state index contributed by atoms with van der Waals surface area (Å²) in [7, 11) is 0. The van der Waals surface area contributed by atoms with E-state index in [0.717, 1.165) is 0 Å². The Morgan fingerprint density at radius 3 is 2.48 bits per heavy atom. The minimum Gasteiger partial charge on any atom is -0.360 e. The second kappa shape index (κ2) is 8.32. The van der Waals surface area contributed by atoms with Crippen LogP contribution in [0.5, 0.6) is 0 Å². The van der Waals surface area contributed by atoms with Crippen molar-refractivity contribution in [1.29, 1.82) is 0 Å². The van der Waals surface area contributed by atoms with E-state index in [4.69, 9.17) is 11.6 Å². The number of halogens is 1. The Balaban J connectivity index is 1.85. The number of fused-ring (bicyclic) bond motifs is 1. The van der Waals surface area contributed by atoms with Crippen LogP contribution in [0.1, 0.15) is 34.6 Å². The molecule has 0 saturated carbocycles. The number of carbonyl (C=O) groups excluding carboxylic acids is 2. The fraction of sp³-hybridized carbons (Fsp3) is 0.200. The van der Waals surface area contributed by atoms with Crippen LogP contribution in [0.15, 0.2) is 42.6 Å². The summed E-state index contributed by atoms with van der Waals surface area (Å²) in [5.74, 6) is -0.627. The first-order chi connectivity index (χ1) is 13.8. The van der Waals surface area contributed by atoms with Gasteiger partial charge in [-0.05, 0) is 38.1 Å². The molecule has 3 aromatic rings. The number of hydrogen-bond acceptors (Lipinski definition) is 4. The minimum absolute atomic E-state index is 0.103. The van der Waals surface area contributed by atoms with Gasteiger partial charge in [0.15, 0.2) is 0 Å². The summed E-state index contributed by atoms with van der Waals surface area (Å²) in [6.45, 7) is 4.90. The van der Waals surface area contributed by atoms with Crippen LogP contribution in [-0.4, -0.2) is 39.7 Å². The molecule has 0 saturated heterocycles. The van der Waals surface area contributed by atoms with E-state index in [9.17, 15) is 19.7 Å². The minimum atomic E-state index is -0.514. The monoisotopic (exact) mass is 414 g/mol. The molecule has 1 heterocycles. The van der Waals surface area contributed by atoms with Crippen molar-refractivity contribution in [3.8, 4) is 0 Å². The van der Waals surface area contributed by atoms with Gasteiger partial charge in [0.1, 0.15) is 0 Å². The number of anilines is 1. The zero-order valence-corrected chi connectivity index (χ0v) is 16.6. The Labute approximate surface area is 171 Å². The zero-order valence-electron chi connectivity index (χ0n) is 15.9. The highest BCUT2D eigenvalue weighted by Crippen LogP contribution is 2.26. The predicted octanol–water partition coefficient (Wildman–Crippen LogP) is 4.46. The molecule has 0 spiro atoms. The molecule has 29 heavy (non-hydrogen) atoms. The standard InChI is InChI=1S/C20H19ClN4O4/c1-3-24(4-2)20(27)14-7-5-12(9-17(14)21)23-19(26)16-11-22-18-8-6-13(25(28)29)10-15(16)18/h5-11,22H,3-4H2,1-2H3,(H,23,26). The molecule has 0 aliphatic rings. The van der Waals surface area contributed by atoms with Crippen LogP contribution < -0.4 is 5.32 Å². The molecular weight excluding hydrogens is 396 g/mol. The zero-order chi connectivity index (χ0) is 21.1. The van der Waals surface area contributed by atoms with E-state index in [2.05, 4.69) is 10.3 Å². The molecular formula is C20H19ClN4O4. The van der Waals surface area contributed by atoms with Crippen molar-refractivity contribution >= 4 is 45.7 Å². The molecule has 0 unspecified atom stereocenters. The number of amides is 2. The maximum Gasteiger partial charge on any atom is 0.270 e. The maximum absolute atomic E-state index is 12.7. The number of carbonyl (C=O) groups is 2. The number of nitrogens with zero attached hydrogens (tertiary/aromatic N) is 2. The number of nitrogens with one attached hydrogen (secondary N) is 2. The average Bonchev–Trinajstić information content (AvgIpc) is 3.12. The lowest BCUT2D eigenvalue weighted by Gasteiger charge is -2.19. The molecule has 9 heteroatoms. The molecule has 8 nitrogen and oxygen atoms in total. The molecule has 0 atom stereocenters. The van der Waals surface area contributed by atoms with Crippen molar-refractivity contribution in [1.82, 2.24) is 9.88 Å². The van der Waals surface area contributed by atoms with Gasteiger partial charge in [-0.2, -0.15) is 0 Å². The van der Waals surface area contributed by atoms with Gasteiger partial charge in [0.2, 0.25) is 0 Å². The van der Waals surface area contributed by atoms with E-state index < -0.39 is 10.8 Å². The lowest BCUT2D eigenvalue weighted by Crippen LogP contribution is -2.30. The number of H-pyrrole nitrogens is 1. The smallest absolute Gasteiger partial charge is 0.270 e. The first-order valence-corrected chi connectivity index (χ1v) is 9.39. The highest BCUT2D eigenvalue weighted by atomic mass is 35.5. The number of benzene rings is 2. The van der Waals surface area contributed by atoms with Crippen molar-refractivity contribution < 1.29 is 14.5 Å². The van der Waals surface area contributed by atoms with E-state index >= 15 is 0 Å². The largest absolute Gasteiger partial charge is 0.360 e. The van der Waals surface area contributed by atoms with Crippen LogP contribution in [0.4, 0.5) is 11.4 Å². The Hall–Kier alpha value is -3.39. The average molecular weight is 415 g/mol. The van der Waals surface area contributed by atoms with Crippen molar-refractivity contribution in [2.45, 2.75) is 13.8 Å². The quantitative estimate of drug-likeness (QED) is 0.458. The topological polar surface area (TPSA) is 108 Å². The van der Waals surface area contributed by atoms with Crippen LogP contribution in [0.25, 0.3) is 10.9 Å². The fourth-order valence-corrected chi connectivity index (χ4v) is 3.32. The number of rotatable bonds is 6. The van der Waals surface area contributed by atoms with Gasteiger partial charge < -0.3 is 15.2 Å². The van der Waals surface area contributed by atoms with Gasteiger partial charge in [-0.3, -0.25) is 19.7 Å². The van der Waals surface area contributed by atoms with Gasteiger partial charge >= 0.3 is 0 Å². The summed E-state index contributed by atoms with van der Waals surface area (Å²) in [4.78, 5) is 40.2. The summed E-state index contributed by atoms with van der Waals surface area (Å²) >= 11 is 6.26. The third kappa shape index (κ3) is 4.07. The number of nitro benzene ring substituents is 1. The number of hydrogen-bond donors (Lipinski definition) is 2. The van der Waals surface area contributed by atoms with Crippen LogP contribution in [0.3, 0.4) is 0 Å². The fourth-order valence-electron chi connectivity index (χ4n) is 3.06. The van der Waals surface area contributed by atoms with E-state index in [1.807, 2.05) is 13.8 Å². The predicted molar refractivity (Wildman–Crippen MR) is 112 cm³/mol. The van der Waals surface area contributed by atoms with E-state index in [0.29, 0.717) is 35.2 Å². The molecule has 0 aliphatic carbocycles. The van der Waals surface area contributed by atoms with Crippen LogP contribution in [0.2, 0.25) is 5.02 Å². The Morgan fingerprint density at radius 1 is 1.14 bits per heavy atom. The highest BCUT2D eigenvalue weighted by molar-refractivity contribution is 6.34. The van der Waals surface area contributed by atoms with Gasteiger partial charge in [0.05, 0.1) is 21.1 Å².